The number of nitro benzene ring substituents is 1. The Bertz CT molecular complexity index is 1390. The molecular formula is C21H17N5O4S2. The van der Waals surface area contributed by atoms with E-state index >= 15 is 0 Å². The predicted octanol–water partition coefficient (Wildman–Crippen LogP) is 4.77. The van der Waals surface area contributed by atoms with Gasteiger partial charge in [0.2, 0.25) is 11.8 Å². The van der Waals surface area contributed by atoms with Crippen molar-refractivity contribution in [3.63, 3.8) is 0 Å². The lowest BCUT2D eigenvalue weighted by Crippen LogP contribution is -2.22. The largest absolute Gasteiger partial charge is 0.420 e. The minimum atomic E-state index is -0.465. The molecule has 3 aromatic heterocycles. The Kier molecular flexibility index (Phi) is 5.35. The smallest absolute Gasteiger partial charge is 0.269 e. The highest BCUT2D eigenvalue weighted by atomic mass is 32.2. The molecule has 0 radical (unpaired) electrons. The Morgan fingerprint density at radius 3 is 2.78 bits per heavy atom. The number of fused-ring (bicyclic) bond motifs is 1. The van der Waals surface area contributed by atoms with Gasteiger partial charge in [-0.3, -0.25) is 19.5 Å². The van der Waals surface area contributed by atoms with Crippen LogP contribution in [0.15, 0.2) is 56.7 Å². The second-order valence-electron chi connectivity index (χ2n) is 7.34. The minimum Gasteiger partial charge on any atom is -0.420 e. The molecule has 1 aromatic carbocycles. The SMILES string of the molecule is C=CCn1c(SCc2nnc(-c3ccc([N+](=O)[O-])cc3)o2)nc2scc(C3CC3)c2c1=O. The van der Waals surface area contributed by atoms with Crippen molar-refractivity contribution in [2.75, 3.05) is 0 Å². The van der Waals surface area contributed by atoms with E-state index in [-0.39, 0.29) is 17.1 Å². The van der Waals surface area contributed by atoms with Gasteiger partial charge in [0.05, 0.1) is 16.1 Å². The van der Waals surface area contributed by atoms with Crippen molar-refractivity contribution < 1.29 is 9.34 Å². The zero-order valence-electron chi connectivity index (χ0n) is 16.8. The van der Waals surface area contributed by atoms with Gasteiger partial charge in [-0.2, -0.15) is 0 Å². The summed E-state index contributed by atoms with van der Waals surface area (Å²) in [5.74, 6) is 1.45. The monoisotopic (exact) mass is 467 g/mol. The maximum atomic E-state index is 13.2. The van der Waals surface area contributed by atoms with E-state index in [1.807, 2.05) is 0 Å². The molecule has 9 nitrogen and oxygen atoms in total. The number of benzene rings is 1. The van der Waals surface area contributed by atoms with Crippen molar-refractivity contribution in [3.05, 3.63) is 74.2 Å². The molecule has 0 unspecified atom stereocenters. The van der Waals surface area contributed by atoms with Crippen molar-refractivity contribution in [2.45, 2.75) is 36.2 Å². The van der Waals surface area contributed by atoms with Crippen molar-refractivity contribution >= 4 is 39.0 Å². The lowest BCUT2D eigenvalue weighted by molar-refractivity contribution is -0.384. The fourth-order valence-electron chi connectivity index (χ4n) is 3.40. The summed E-state index contributed by atoms with van der Waals surface area (Å²) < 4.78 is 7.34. The highest BCUT2D eigenvalue weighted by Gasteiger charge is 2.29. The summed E-state index contributed by atoms with van der Waals surface area (Å²) in [6.07, 6.45) is 3.93. The molecule has 11 heteroatoms. The van der Waals surface area contributed by atoms with Crippen LogP contribution in [0.5, 0.6) is 0 Å². The first-order valence-electron chi connectivity index (χ1n) is 9.88. The molecule has 0 N–H and O–H groups in total. The quantitative estimate of drug-likeness (QED) is 0.120. The van der Waals surface area contributed by atoms with Crippen LogP contribution in [-0.2, 0) is 12.3 Å². The van der Waals surface area contributed by atoms with Gasteiger partial charge in [0.15, 0.2) is 5.16 Å². The number of rotatable bonds is 8. The van der Waals surface area contributed by atoms with E-state index in [4.69, 9.17) is 9.40 Å². The van der Waals surface area contributed by atoms with Crippen LogP contribution in [-0.4, -0.2) is 24.7 Å². The minimum absolute atomic E-state index is 0.0101. The number of hydrogen-bond donors (Lipinski definition) is 0. The van der Waals surface area contributed by atoms with E-state index in [9.17, 15) is 14.9 Å². The van der Waals surface area contributed by atoms with Gasteiger partial charge in [-0.05, 0) is 41.8 Å². The molecule has 3 heterocycles. The first-order valence-corrected chi connectivity index (χ1v) is 11.7. The van der Waals surface area contributed by atoms with Crippen LogP contribution in [0.3, 0.4) is 0 Å². The van der Waals surface area contributed by atoms with E-state index in [0.29, 0.717) is 34.8 Å². The summed E-state index contributed by atoms with van der Waals surface area (Å²) in [4.78, 5) is 29.0. The molecule has 32 heavy (non-hydrogen) atoms. The highest BCUT2D eigenvalue weighted by molar-refractivity contribution is 7.98. The fourth-order valence-corrected chi connectivity index (χ4v) is 5.31. The summed E-state index contributed by atoms with van der Waals surface area (Å²) in [5, 5.41) is 22.2. The Morgan fingerprint density at radius 2 is 2.09 bits per heavy atom. The van der Waals surface area contributed by atoms with Gasteiger partial charge < -0.3 is 4.42 Å². The van der Waals surface area contributed by atoms with Crippen LogP contribution in [0.4, 0.5) is 5.69 Å². The fraction of sp³-hybridized carbons (Fsp3) is 0.238. The molecule has 1 aliphatic carbocycles. The van der Waals surface area contributed by atoms with Gasteiger partial charge in [0.25, 0.3) is 11.2 Å². The summed E-state index contributed by atoms with van der Waals surface area (Å²) in [7, 11) is 0. The van der Waals surface area contributed by atoms with Crippen molar-refractivity contribution in [2.24, 2.45) is 0 Å². The number of nitro groups is 1. The molecule has 5 rings (SSSR count). The molecule has 0 bridgehead atoms. The number of non-ortho nitro benzene ring substituents is 1. The van der Waals surface area contributed by atoms with Crippen LogP contribution in [0.2, 0.25) is 0 Å². The first kappa shape index (κ1) is 20.6. The summed E-state index contributed by atoms with van der Waals surface area (Å²) in [6.45, 7) is 4.13. The zero-order chi connectivity index (χ0) is 22.2. The van der Waals surface area contributed by atoms with Gasteiger partial charge in [-0.25, -0.2) is 4.98 Å². The number of thioether (sulfide) groups is 1. The number of aromatic nitrogens is 4. The molecule has 0 spiro atoms. The molecule has 4 aromatic rings. The standard InChI is InChI=1S/C21H17N5O4S2/c1-2-9-25-20(27)17-15(12-3-4-12)10-31-19(17)22-21(25)32-11-16-23-24-18(30-16)13-5-7-14(8-6-13)26(28)29/h2,5-8,10,12H,1,3-4,9,11H2. The third-order valence-corrected chi connectivity index (χ3v) is 6.98. The second kappa shape index (κ2) is 8.32. The molecule has 0 saturated heterocycles. The Labute approximate surface area is 190 Å². The lowest BCUT2D eigenvalue weighted by Gasteiger charge is -2.09. The second-order valence-corrected chi connectivity index (χ2v) is 9.14. The van der Waals surface area contributed by atoms with Crippen LogP contribution in [0.25, 0.3) is 21.7 Å². The Balaban J connectivity index is 1.39. The molecule has 1 fully saturated rings. The topological polar surface area (TPSA) is 117 Å². The van der Waals surface area contributed by atoms with E-state index in [1.54, 1.807) is 22.8 Å². The average Bonchev–Trinajstić information content (AvgIpc) is 3.37. The third kappa shape index (κ3) is 3.84. The molecule has 0 atom stereocenters. The van der Waals surface area contributed by atoms with E-state index in [1.165, 1.54) is 35.2 Å². The average molecular weight is 468 g/mol. The maximum absolute atomic E-state index is 13.2. The predicted molar refractivity (Wildman–Crippen MR) is 122 cm³/mol. The van der Waals surface area contributed by atoms with Crippen LogP contribution in [0.1, 0.15) is 30.2 Å². The van der Waals surface area contributed by atoms with E-state index < -0.39 is 4.92 Å². The molecule has 0 aliphatic heterocycles. The highest BCUT2D eigenvalue weighted by Crippen LogP contribution is 2.44. The first-order chi connectivity index (χ1) is 15.5. The summed E-state index contributed by atoms with van der Waals surface area (Å²) in [6, 6.07) is 5.90. The van der Waals surface area contributed by atoms with Crippen molar-refractivity contribution in [1.82, 2.24) is 19.7 Å². The zero-order valence-corrected chi connectivity index (χ0v) is 18.4. The third-order valence-electron chi connectivity index (χ3n) is 5.13. The van der Waals surface area contributed by atoms with Crippen molar-refractivity contribution in [3.8, 4) is 11.5 Å². The molecule has 1 saturated carbocycles. The number of allylic oxidation sites excluding steroid dienone is 1. The maximum Gasteiger partial charge on any atom is 0.269 e. The van der Waals surface area contributed by atoms with Gasteiger partial charge in [-0.1, -0.05) is 17.8 Å². The Morgan fingerprint density at radius 1 is 1.31 bits per heavy atom. The van der Waals surface area contributed by atoms with Gasteiger partial charge >= 0.3 is 0 Å². The van der Waals surface area contributed by atoms with Crippen LogP contribution >= 0.6 is 23.1 Å². The molecule has 0 amide bonds. The number of thiophene rings is 1. The summed E-state index contributed by atoms with van der Waals surface area (Å²) in [5.41, 5.74) is 1.65. The molecule has 1 aliphatic rings. The van der Waals surface area contributed by atoms with Gasteiger partial charge in [-0.15, -0.1) is 28.1 Å². The van der Waals surface area contributed by atoms with E-state index in [2.05, 4.69) is 22.2 Å². The van der Waals surface area contributed by atoms with Crippen LogP contribution < -0.4 is 5.56 Å². The van der Waals surface area contributed by atoms with E-state index in [0.717, 1.165) is 28.6 Å². The van der Waals surface area contributed by atoms with Crippen molar-refractivity contribution in [1.29, 1.82) is 0 Å². The summed E-state index contributed by atoms with van der Waals surface area (Å²) >= 11 is 2.84. The molecule has 162 valence electrons. The molecular weight excluding hydrogens is 450 g/mol. The lowest BCUT2D eigenvalue weighted by atomic mass is 10.1. The Hall–Kier alpha value is -3.31. The van der Waals surface area contributed by atoms with Crippen LogP contribution in [0, 0.1) is 10.1 Å². The number of hydrogen-bond acceptors (Lipinski definition) is 9. The number of nitrogens with zero attached hydrogens (tertiary/aromatic N) is 5. The normalized spacial score (nSPS) is 13.5. The van der Waals surface area contributed by atoms with Gasteiger partial charge in [0, 0.05) is 24.2 Å². The van der Waals surface area contributed by atoms with Gasteiger partial charge in [0.1, 0.15) is 4.83 Å².